The van der Waals surface area contributed by atoms with Gasteiger partial charge in [-0.05, 0) is 28.1 Å². The highest BCUT2D eigenvalue weighted by molar-refractivity contribution is 9.10. The Morgan fingerprint density at radius 3 is 2.19 bits per heavy atom. The average Bonchev–Trinajstić information content (AvgIpc) is 2.17. The normalized spacial score (nSPS) is 15.6. The van der Waals surface area contributed by atoms with E-state index in [1.807, 2.05) is 0 Å². The Bertz CT molecular complexity index is 326. The first-order valence-corrected chi connectivity index (χ1v) is 5.68. The molecule has 1 aromatic carbocycles. The summed E-state index contributed by atoms with van der Waals surface area (Å²) in [6.45, 7) is 1.68. The van der Waals surface area contributed by atoms with Gasteiger partial charge in [-0.3, -0.25) is 0 Å². The summed E-state index contributed by atoms with van der Waals surface area (Å²) < 4.78 is 41.1. The third kappa shape index (κ3) is 3.14. The molecular weight excluding hydrogens is 285 g/mol. The third-order valence-electron chi connectivity index (χ3n) is 2.02. The van der Waals surface area contributed by atoms with E-state index < -0.39 is 10.7 Å². The summed E-state index contributed by atoms with van der Waals surface area (Å²) in [5.41, 5.74) is 0. The van der Waals surface area contributed by atoms with Gasteiger partial charge in [-0.15, -0.1) is 0 Å². The van der Waals surface area contributed by atoms with E-state index in [4.69, 9.17) is 4.74 Å². The first kappa shape index (κ1) is 13.4. The molecule has 0 aliphatic heterocycles. The quantitative estimate of drug-likeness (QED) is 0.742. The van der Waals surface area contributed by atoms with Crippen LogP contribution in [-0.2, 0) is 0 Å². The topological polar surface area (TPSA) is 9.23 Å². The number of halogens is 4. The van der Waals surface area contributed by atoms with Crippen molar-refractivity contribution in [3.63, 3.8) is 0 Å². The third-order valence-corrected chi connectivity index (χ3v) is 3.03. The fourth-order valence-corrected chi connectivity index (χ4v) is 1.83. The molecule has 1 atom stereocenters. The molecule has 0 aromatic heterocycles. The Kier molecular flexibility index (Phi) is 4.24. The van der Waals surface area contributed by atoms with Gasteiger partial charge in [-0.1, -0.05) is 31.5 Å². The van der Waals surface area contributed by atoms with Crippen LogP contribution >= 0.6 is 15.9 Å². The lowest BCUT2D eigenvalue weighted by Crippen LogP contribution is -2.44. The molecule has 0 radical (unpaired) electrons. The summed E-state index contributed by atoms with van der Waals surface area (Å²) in [5.74, 6) is 0.199. The SMILES string of the molecule is CCCC(Br)(Oc1ccccc1)C(F)(F)F. The lowest BCUT2D eigenvalue weighted by Gasteiger charge is -2.30. The Hall–Kier alpha value is -0.710. The summed E-state index contributed by atoms with van der Waals surface area (Å²) >= 11 is 2.66. The second-order valence-corrected chi connectivity index (χ2v) is 4.67. The first-order valence-electron chi connectivity index (χ1n) is 4.89. The molecule has 0 spiro atoms. The number of ether oxygens (including phenoxy) is 1. The fourth-order valence-electron chi connectivity index (χ4n) is 1.25. The molecule has 16 heavy (non-hydrogen) atoms. The average molecular weight is 297 g/mol. The van der Waals surface area contributed by atoms with Crippen LogP contribution in [0.25, 0.3) is 0 Å². The first-order chi connectivity index (χ1) is 7.39. The number of rotatable bonds is 4. The van der Waals surface area contributed by atoms with E-state index >= 15 is 0 Å². The van der Waals surface area contributed by atoms with Gasteiger partial charge >= 0.3 is 6.18 Å². The largest absolute Gasteiger partial charge is 0.466 e. The number of para-hydroxylation sites is 1. The van der Waals surface area contributed by atoms with Crippen molar-refractivity contribution in [3.05, 3.63) is 30.3 Å². The molecule has 5 heteroatoms. The number of hydrogen-bond acceptors (Lipinski definition) is 1. The molecule has 1 nitrogen and oxygen atoms in total. The van der Waals surface area contributed by atoms with E-state index in [0.29, 0.717) is 6.42 Å². The molecule has 0 bridgehead atoms. The van der Waals surface area contributed by atoms with Crippen LogP contribution in [0.4, 0.5) is 13.2 Å². The van der Waals surface area contributed by atoms with Gasteiger partial charge in [0.1, 0.15) is 5.75 Å². The summed E-state index contributed by atoms with van der Waals surface area (Å²) in [6, 6.07) is 7.97. The van der Waals surface area contributed by atoms with E-state index in [1.54, 1.807) is 25.1 Å². The summed E-state index contributed by atoms with van der Waals surface area (Å²) in [4.78, 5) is 0. The molecule has 0 aliphatic rings. The van der Waals surface area contributed by atoms with Crippen molar-refractivity contribution in [2.24, 2.45) is 0 Å². The lowest BCUT2D eigenvalue weighted by molar-refractivity contribution is -0.209. The maximum atomic E-state index is 12.8. The molecule has 90 valence electrons. The van der Waals surface area contributed by atoms with Gasteiger partial charge in [0.2, 0.25) is 0 Å². The van der Waals surface area contributed by atoms with Gasteiger partial charge < -0.3 is 4.74 Å². The molecule has 1 aromatic rings. The van der Waals surface area contributed by atoms with Gasteiger partial charge in [-0.2, -0.15) is 13.2 Å². The predicted octanol–water partition coefficient (Wildman–Crippen LogP) is 4.52. The highest BCUT2D eigenvalue weighted by Crippen LogP contribution is 2.42. The standard InChI is InChI=1S/C11H12BrF3O/c1-2-8-10(12,11(13,14)15)16-9-6-4-3-5-7-9/h3-7H,2,8H2,1H3. The van der Waals surface area contributed by atoms with Gasteiger partial charge in [0, 0.05) is 6.42 Å². The Labute approximate surface area is 101 Å². The molecule has 0 fully saturated rings. The zero-order chi connectivity index (χ0) is 12.2. The van der Waals surface area contributed by atoms with E-state index in [-0.39, 0.29) is 12.2 Å². The van der Waals surface area contributed by atoms with Gasteiger partial charge in [0.05, 0.1) is 0 Å². The maximum absolute atomic E-state index is 12.8. The number of alkyl halides is 4. The molecule has 0 N–H and O–H groups in total. The summed E-state index contributed by atoms with van der Waals surface area (Å²) in [5, 5.41) is 0. The van der Waals surface area contributed by atoms with E-state index in [9.17, 15) is 13.2 Å². The smallest absolute Gasteiger partial charge is 0.438 e. The molecule has 0 heterocycles. The molecular formula is C11H12BrF3O. The molecule has 0 aliphatic carbocycles. The zero-order valence-electron chi connectivity index (χ0n) is 8.72. The minimum absolute atomic E-state index is 0.134. The summed E-state index contributed by atoms with van der Waals surface area (Å²) in [6.07, 6.45) is -4.21. The zero-order valence-corrected chi connectivity index (χ0v) is 10.3. The van der Waals surface area contributed by atoms with E-state index in [2.05, 4.69) is 15.9 Å². The van der Waals surface area contributed by atoms with Crippen molar-refractivity contribution in [1.29, 1.82) is 0 Å². The van der Waals surface area contributed by atoms with Crippen LogP contribution in [-0.4, -0.2) is 10.7 Å². The van der Waals surface area contributed by atoms with Crippen molar-refractivity contribution in [2.45, 2.75) is 30.5 Å². The molecule has 0 saturated carbocycles. The Morgan fingerprint density at radius 1 is 1.19 bits per heavy atom. The highest BCUT2D eigenvalue weighted by Gasteiger charge is 2.55. The molecule has 0 amide bonds. The molecule has 1 unspecified atom stereocenters. The van der Waals surface area contributed by atoms with Crippen LogP contribution in [0.3, 0.4) is 0 Å². The maximum Gasteiger partial charge on any atom is 0.438 e. The minimum Gasteiger partial charge on any atom is -0.466 e. The van der Waals surface area contributed by atoms with Crippen molar-refractivity contribution >= 4 is 15.9 Å². The Morgan fingerprint density at radius 2 is 1.75 bits per heavy atom. The monoisotopic (exact) mass is 296 g/mol. The minimum atomic E-state index is -4.45. The molecule has 0 saturated heterocycles. The molecule has 1 rings (SSSR count). The second-order valence-electron chi connectivity index (χ2n) is 3.39. The van der Waals surface area contributed by atoms with Crippen molar-refractivity contribution in [3.8, 4) is 5.75 Å². The van der Waals surface area contributed by atoms with Gasteiger partial charge in [-0.25, -0.2) is 0 Å². The lowest BCUT2D eigenvalue weighted by atomic mass is 10.2. The van der Waals surface area contributed by atoms with Gasteiger partial charge in [0.25, 0.3) is 4.51 Å². The van der Waals surface area contributed by atoms with Crippen LogP contribution in [0.15, 0.2) is 30.3 Å². The highest BCUT2D eigenvalue weighted by atomic mass is 79.9. The van der Waals surface area contributed by atoms with Crippen molar-refractivity contribution < 1.29 is 17.9 Å². The van der Waals surface area contributed by atoms with Crippen molar-refractivity contribution in [1.82, 2.24) is 0 Å². The van der Waals surface area contributed by atoms with E-state index in [0.717, 1.165) is 0 Å². The van der Waals surface area contributed by atoms with E-state index in [1.165, 1.54) is 12.1 Å². The van der Waals surface area contributed by atoms with Crippen LogP contribution < -0.4 is 4.74 Å². The second kappa shape index (κ2) is 5.08. The number of benzene rings is 1. The Balaban J connectivity index is 2.88. The number of hydrogen-bond donors (Lipinski definition) is 0. The van der Waals surface area contributed by atoms with Crippen molar-refractivity contribution in [2.75, 3.05) is 0 Å². The van der Waals surface area contributed by atoms with Gasteiger partial charge in [0.15, 0.2) is 0 Å². The van der Waals surface area contributed by atoms with Crippen LogP contribution in [0.2, 0.25) is 0 Å². The van der Waals surface area contributed by atoms with Crippen LogP contribution in [0.1, 0.15) is 19.8 Å². The van der Waals surface area contributed by atoms with Crippen LogP contribution in [0, 0.1) is 0 Å². The summed E-state index contributed by atoms with van der Waals surface area (Å²) in [7, 11) is 0. The predicted molar refractivity (Wildman–Crippen MR) is 59.7 cm³/mol. The van der Waals surface area contributed by atoms with Crippen LogP contribution in [0.5, 0.6) is 5.75 Å². The fraction of sp³-hybridized carbons (Fsp3) is 0.455.